The third-order valence-electron chi connectivity index (χ3n) is 1.81. The van der Waals surface area contributed by atoms with Gasteiger partial charge in [0.2, 0.25) is 5.88 Å². The second kappa shape index (κ2) is 4.99. The summed E-state index contributed by atoms with van der Waals surface area (Å²) in [4.78, 5) is 13.3. The number of nitrogens with zero attached hydrogens (tertiary/aromatic N) is 1. The highest BCUT2D eigenvalue weighted by Crippen LogP contribution is 2.43. The zero-order valence-electron chi connectivity index (χ0n) is 8.76. The molecule has 0 saturated carbocycles. The van der Waals surface area contributed by atoms with Crippen molar-refractivity contribution in [3.05, 3.63) is 54.7 Å². The number of phosphoric ester groups is 1. The molecule has 0 fully saturated rings. The second-order valence-electron chi connectivity index (χ2n) is 3.13. The molecule has 0 aliphatic heterocycles. The molecule has 5 nitrogen and oxygen atoms in total. The van der Waals surface area contributed by atoms with E-state index in [1.165, 1.54) is 12.3 Å². The average Bonchev–Trinajstić information content (AvgIpc) is 2.30. The first kappa shape index (κ1) is 11.6. The fourth-order valence-electron chi connectivity index (χ4n) is 1.15. The van der Waals surface area contributed by atoms with Crippen LogP contribution in [0.15, 0.2) is 54.7 Å². The van der Waals surface area contributed by atoms with Crippen LogP contribution < -0.4 is 9.05 Å². The van der Waals surface area contributed by atoms with Crippen LogP contribution >= 0.6 is 7.82 Å². The third-order valence-corrected chi connectivity index (χ3v) is 2.67. The van der Waals surface area contributed by atoms with E-state index < -0.39 is 7.82 Å². The quantitative estimate of drug-likeness (QED) is 0.846. The fraction of sp³-hybridized carbons (Fsp3) is 0. The van der Waals surface area contributed by atoms with Gasteiger partial charge in [-0.2, -0.15) is 0 Å². The van der Waals surface area contributed by atoms with Gasteiger partial charge in [0, 0.05) is 12.3 Å². The highest BCUT2D eigenvalue weighted by molar-refractivity contribution is 7.48. The van der Waals surface area contributed by atoms with E-state index in [-0.39, 0.29) is 11.6 Å². The molecule has 0 bridgehead atoms. The van der Waals surface area contributed by atoms with Crippen molar-refractivity contribution in [1.29, 1.82) is 0 Å². The van der Waals surface area contributed by atoms with E-state index in [4.69, 9.17) is 9.05 Å². The summed E-state index contributed by atoms with van der Waals surface area (Å²) >= 11 is 0. The summed E-state index contributed by atoms with van der Waals surface area (Å²) in [6, 6.07) is 13.1. The van der Waals surface area contributed by atoms with Crippen LogP contribution in [0.4, 0.5) is 0 Å². The standard InChI is InChI=1S/C11H10NO4P/c13-17(14,15-10-6-2-1-3-7-10)16-11-8-4-5-9-12-11/h1-9H,(H,13,14). The van der Waals surface area contributed by atoms with E-state index in [1.54, 1.807) is 42.5 Å². The minimum absolute atomic E-state index is 0.0364. The van der Waals surface area contributed by atoms with Gasteiger partial charge >= 0.3 is 7.82 Å². The topological polar surface area (TPSA) is 68.7 Å². The Kier molecular flexibility index (Phi) is 3.42. The molecule has 0 aliphatic carbocycles. The lowest BCUT2D eigenvalue weighted by Gasteiger charge is -2.12. The van der Waals surface area contributed by atoms with Gasteiger partial charge in [-0.25, -0.2) is 9.55 Å². The van der Waals surface area contributed by atoms with E-state index in [2.05, 4.69) is 4.98 Å². The van der Waals surface area contributed by atoms with Gasteiger partial charge in [-0.1, -0.05) is 24.3 Å². The molecular weight excluding hydrogens is 241 g/mol. The highest BCUT2D eigenvalue weighted by atomic mass is 31.2. The Morgan fingerprint density at radius 2 is 1.71 bits per heavy atom. The zero-order chi connectivity index (χ0) is 12.1. The first-order valence-electron chi connectivity index (χ1n) is 4.84. The van der Waals surface area contributed by atoms with Crippen molar-refractivity contribution in [3.63, 3.8) is 0 Å². The molecule has 1 heterocycles. The Morgan fingerprint density at radius 3 is 2.35 bits per heavy atom. The monoisotopic (exact) mass is 251 g/mol. The summed E-state index contributed by atoms with van der Waals surface area (Å²) < 4.78 is 21.3. The number of hydrogen-bond acceptors (Lipinski definition) is 4. The van der Waals surface area contributed by atoms with Crippen LogP contribution in [0.2, 0.25) is 0 Å². The summed E-state index contributed by atoms with van der Waals surface area (Å²) in [5.41, 5.74) is 0. The lowest BCUT2D eigenvalue weighted by atomic mass is 10.3. The van der Waals surface area contributed by atoms with Crippen molar-refractivity contribution in [2.24, 2.45) is 0 Å². The van der Waals surface area contributed by atoms with Crippen LogP contribution in [0.1, 0.15) is 0 Å². The molecular formula is C11H10NO4P. The molecule has 17 heavy (non-hydrogen) atoms. The number of aromatic nitrogens is 1. The van der Waals surface area contributed by atoms with Crippen LogP contribution in [0, 0.1) is 0 Å². The highest BCUT2D eigenvalue weighted by Gasteiger charge is 2.25. The molecule has 1 N–H and O–H groups in total. The van der Waals surface area contributed by atoms with Crippen molar-refractivity contribution in [3.8, 4) is 11.6 Å². The molecule has 0 aliphatic rings. The first-order valence-corrected chi connectivity index (χ1v) is 6.33. The lowest BCUT2D eigenvalue weighted by Crippen LogP contribution is -2.00. The number of hydrogen-bond donors (Lipinski definition) is 1. The Hall–Kier alpha value is -1.84. The normalized spacial score (nSPS) is 13.7. The molecule has 0 amide bonds. The maximum Gasteiger partial charge on any atom is 0.586 e. The van der Waals surface area contributed by atoms with Gasteiger partial charge in [-0.05, 0) is 18.2 Å². The van der Waals surface area contributed by atoms with Gasteiger partial charge in [0.15, 0.2) is 0 Å². The number of para-hydroxylation sites is 1. The third kappa shape index (κ3) is 3.59. The lowest BCUT2D eigenvalue weighted by molar-refractivity contribution is 0.287. The zero-order valence-corrected chi connectivity index (χ0v) is 9.66. The first-order chi connectivity index (χ1) is 8.16. The predicted molar refractivity (Wildman–Crippen MR) is 61.8 cm³/mol. The van der Waals surface area contributed by atoms with E-state index in [0.29, 0.717) is 0 Å². The number of rotatable bonds is 4. The van der Waals surface area contributed by atoms with E-state index in [1.807, 2.05) is 0 Å². The van der Waals surface area contributed by atoms with Gasteiger partial charge in [-0.15, -0.1) is 0 Å². The fourth-order valence-corrected chi connectivity index (χ4v) is 1.92. The molecule has 1 unspecified atom stereocenters. The van der Waals surface area contributed by atoms with Gasteiger partial charge in [0.05, 0.1) is 0 Å². The molecule has 1 aromatic carbocycles. The van der Waals surface area contributed by atoms with Crippen LogP contribution in [0.25, 0.3) is 0 Å². The van der Waals surface area contributed by atoms with E-state index in [9.17, 15) is 9.46 Å². The number of pyridine rings is 1. The summed E-state index contributed by atoms with van der Waals surface area (Å²) in [6.07, 6.45) is 1.46. The molecule has 2 rings (SSSR count). The average molecular weight is 251 g/mol. The summed E-state index contributed by atoms with van der Waals surface area (Å²) in [5, 5.41) is 0. The molecule has 1 atom stereocenters. The molecule has 0 saturated heterocycles. The van der Waals surface area contributed by atoms with Crippen LogP contribution in [-0.4, -0.2) is 9.88 Å². The van der Waals surface area contributed by atoms with Crippen LogP contribution in [0.3, 0.4) is 0 Å². The summed E-state index contributed by atoms with van der Waals surface area (Å²) in [6.45, 7) is 0. The van der Waals surface area contributed by atoms with E-state index in [0.717, 1.165) is 0 Å². The molecule has 0 radical (unpaired) electrons. The predicted octanol–water partition coefficient (Wildman–Crippen LogP) is 2.64. The van der Waals surface area contributed by atoms with Crippen LogP contribution in [-0.2, 0) is 4.57 Å². The Bertz CT molecular complexity index is 472. The molecule has 88 valence electrons. The Balaban J connectivity index is 2.07. The molecule has 2 aromatic rings. The van der Waals surface area contributed by atoms with Crippen molar-refractivity contribution in [1.82, 2.24) is 4.98 Å². The largest absolute Gasteiger partial charge is 0.586 e. The van der Waals surface area contributed by atoms with Crippen LogP contribution in [0.5, 0.6) is 11.6 Å². The second-order valence-corrected chi connectivity index (χ2v) is 4.43. The Labute approximate surface area is 98.3 Å². The summed E-state index contributed by atoms with van der Waals surface area (Å²) in [5.74, 6) is 0.295. The Morgan fingerprint density at radius 1 is 1.00 bits per heavy atom. The maximum absolute atomic E-state index is 11.6. The van der Waals surface area contributed by atoms with Gasteiger partial charge in [0.1, 0.15) is 5.75 Å². The molecule has 6 heteroatoms. The minimum Gasteiger partial charge on any atom is -0.395 e. The van der Waals surface area contributed by atoms with Gasteiger partial charge in [-0.3, -0.25) is 4.89 Å². The van der Waals surface area contributed by atoms with Gasteiger partial charge < -0.3 is 9.05 Å². The van der Waals surface area contributed by atoms with E-state index >= 15 is 0 Å². The van der Waals surface area contributed by atoms with Crippen molar-refractivity contribution in [2.75, 3.05) is 0 Å². The number of benzene rings is 1. The number of phosphoric acid groups is 1. The van der Waals surface area contributed by atoms with Crippen molar-refractivity contribution in [2.45, 2.75) is 0 Å². The molecule has 1 aromatic heterocycles. The molecule has 0 spiro atoms. The van der Waals surface area contributed by atoms with Crippen molar-refractivity contribution < 1.29 is 18.5 Å². The maximum atomic E-state index is 11.6. The van der Waals surface area contributed by atoms with Gasteiger partial charge in [0.25, 0.3) is 0 Å². The van der Waals surface area contributed by atoms with Crippen molar-refractivity contribution >= 4 is 7.82 Å². The minimum atomic E-state index is -4.20. The summed E-state index contributed by atoms with van der Waals surface area (Å²) in [7, 11) is -4.20. The SMILES string of the molecule is O=P(O)(Oc1ccccc1)Oc1ccccn1. The smallest absolute Gasteiger partial charge is 0.395 e.